The molecule has 0 aliphatic carbocycles. The van der Waals surface area contributed by atoms with Gasteiger partial charge in [-0.3, -0.25) is 4.79 Å². The summed E-state index contributed by atoms with van der Waals surface area (Å²) in [6.45, 7) is 2.09. The van der Waals surface area contributed by atoms with Crippen LogP contribution in [0.25, 0.3) is 22.0 Å². The van der Waals surface area contributed by atoms with Crippen LogP contribution in [-0.4, -0.2) is 14.9 Å². The molecule has 0 aliphatic rings. The van der Waals surface area contributed by atoms with Crippen LogP contribution in [0, 0.1) is 6.92 Å². The third kappa shape index (κ3) is 3.57. The van der Waals surface area contributed by atoms with Crippen LogP contribution in [0.3, 0.4) is 0 Å². The van der Waals surface area contributed by atoms with Gasteiger partial charge in [0.2, 0.25) is 0 Å². The molecule has 4 aromatic rings. The normalized spacial score (nSPS) is 12.2. The Kier molecular flexibility index (Phi) is 4.99. The SMILES string of the molecule is Cc1ccc(-c2nn(C[C@H](O)c3ccc(Cl)cc3)c(=O)c3ccccc23)cc1. The predicted octanol–water partition coefficient (Wildman–Crippen LogP) is 4.76. The molecule has 0 bridgehead atoms. The third-order valence-electron chi connectivity index (χ3n) is 4.79. The molecule has 140 valence electrons. The van der Waals surface area contributed by atoms with Crippen LogP contribution in [0.2, 0.25) is 5.02 Å². The van der Waals surface area contributed by atoms with E-state index in [0.29, 0.717) is 16.0 Å². The van der Waals surface area contributed by atoms with Crippen molar-refractivity contribution in [3.8, 4) is 11.3 Å². The topological polar surface area (TPSA) is 55.1 Å². The zero-order chi connectivity index (χ0) is 19.7. The van der Waals surface area contributed by atoms with E-state index in [1.54, 1.807) is 30.3 Å². The van der Waals surface area contributed by atoms with Gasteiger partial charge in [-0.1, -0.05) is 71.8 Å². The molecular formula is C23H19ClN2O2. The maximum absolute atomic E-state index is 13.0. The monoisotopic (exact) mass is 390 g/mol. The van der Waals surface area contributed by atoms with Crippen LogP contribution in [-0.2, 0) is 6.54 Å². The van der Waals surface area contributed by atoms with Crippen molar-refractivity contribution in [2.75, 3.05) is 0 Å². The summed E-state index contributed by atoms with van der Waals surface area (Å²) < 4.78 is 1.34. The van der Waals surface area contributed by atoms with Crippen LogP contribution < -0.4 is 5.56 Å². The number of aromatic nitrogens is 2. The van der Waals surface area contributed by atoms with Crippen LogP contribution >= 0.6 is 11.6 Å². The molecule has 0 unspecified atom stereocenters. The van der Waals surface area contributed by atoms with Gasteiger partial charge in [-0.05, 0) is 30.7 Å². The molecule has 0 saturated carbocycles. The molecule has 28 heavy (non-hydrogen) atoms. The van der Waals surface area contributed by atoms with E-state index in [4.69, 9.17) is 11.6 Å². The van der Waals surface area contributed by atoms with Crippen molar-refractivity contribution in [2.24, 2.45) is 0 Å². The second kappa shape index (κ2) is 7.58. The van der Waals surface area contributed by atoms with Gasteiger partial charge in [0.05, 0.1) is 23.7 Å². The second-order valence-corrected chi connectivity index (χ2v) is 7.25. The van der Waals surface area contributed by atoms with Crippen molar-refractivity contribution in [2.45, 2.75) is 19.6 Å². The lowest BCUT2D eigenvalue weighted by atomic mass is 10.0. The quantitative estimate of drug-likeness (QED) is 0.546. The molecule has 0 aliphatic heterocycles. The minimum Gasteiger partial charge on any atom is -0.386 e. The zero-order valence-electron chi connectivity index (χ0n) is 15.3. The molecule has 5 heteroatoms. The van der Waals surface area contributed by atoms with E-state index in [1.165, 1.54) is 4.68 Å². The average molecular weight is 391 g/mol. The van der Waals surface area contributed by atoms with E-state index < -0.39 is 6.10 Å². The number of fused-ring (bicyclic) bond motifs is 1. The number of aliphatic hydroxyl groups excluding tert-OH is 1. The summed E-state index contributed by atoms with van der Waals surface area (Å²) in [4.78, 5) is 13.0. The molecule has 4 rings (SSSR count). The summed E-state index contributed by atoms with van der Waals surface area (Å²) in [5.74, 6) is 0. The van der Waals surface area contributed by atoms with E-state index in [2.05, 4.69) is 5.10 Å². The van der Waals surface area contributed by atoms with Crippen LogP contribution in [0.1, 0.15) is 17.2 Å². The van der Waals surface area contributed by atoms with Crippen LogP contribution in [0.4, 0.5) is 0 Å². The minimum atomic E-state index is -0.866. The third-order valence-corrected chi connectivity index (χ3v) is 5.05. The van der Waals surface area contributed by atoms with Gasteiger partial charge < -0.3 is 5.11 Å². The minimum absolute atomic E-state index is 0.0597. The molecule has 4 nitrogen and oxygen atoms in total. The van der Waals surface area contributed by atoms with Gasteiger partial charge in [0.25, 0.3) is 5.56 Å². The second-order valence-electron chi connectivity index (χ2n) is 6.81. The molecule has 1 aromatic heterocycles. The maximum atomic E-state index is 13.0. The molecule has 0 radical (unpaired) electrons. The first-order chi connectivity index (χ1) is 13.5. The molecule has 1 N–H and O–H groups in total. The average Bonchev–Trinajstić information content (AvgIpc) is 2.71. The van der Waals surface area contributed by atoms with Gasteiger partial charge in [-0.15, -0.1) is 0 Å². The smallest absolute Gasteiger partial charge is 0.274 e. The van der Waals surface area contributed by atoms with Crippen molar-refractivity contribution < 1.29 is 5.11 Å². The number of aliphatic hydroxyl groups is 1. The number of hydrogen-bond donors (Lipinski definition) is 1. The van der Waals surface area contributed by atoms with Gasteiger partial charge >= 0.3 is 0 Å². The first-order valence-corrected chi connectivity index (χ1v) is 9.41. The van der Waals surface area contributed by atoms with E-state index in [1.807, 2.05) is 49.4 Å². The lowest BCUT2D eigenvalue weighted by molar-refractivity contribution is 0.150. The van der Waals surface area contributed by atoms with Gasteiger partial charge in [-0.2, -0.15) is 5.10 Å². The highest BCUT2D eigenvalue weighted by molar-refractivity contribution is 6.30. The number of benzene rings is 3. The Balaban J connectivity index is 1.82. The van der Waals surface area contributed by atoms with E-state index in [-0.39, 0.29) is 12.1 Å². The molecule has 0 amide bonds. The first kappa shape index (κ1) is 18.4. The van der Waals surface area contributed by atoms with Gasteiger partial charge in [-0.25, -0.2) is 4.68 Å². The fourth-order valence-corrected chi connectivity index (χ4v) is 3.36. The maximum Gasteiger partial charge on any atom is 0.274 e. The van der Waals surface area contributed by atoms with E-state index >= 15 is 0 Å². The fourth-order valence-electron chi connectivity index (χ4n) is 3.24. The summed E-state index contributed by atoms with van der Waals surface area (Å²) >= 11 is 5.92. The number of hydrogen-bond acceptors (Lipinski definition) is 3. The van der Waals surface area contributed by atoms with E-state index in [0.717, 1.165) is 22.2 Å². The Bertz CT molecular complexity index is 1180. The predicted molar refractivity (Wildman–Crippen MR) is 113 cm³/mol. The van der Waals surface area contributed by atoms with Crippen molar-refractivity contribution in [1.29, 1.82) is 0 Å². The molecule has 3 aromatic carbocycles. The summed E-state index contributed by atoms with van der Waals surface area (Å²) in [5.41, 5.74) is 3.26. The molecule has 1 atom stereocenters. The number of aryl methyl sites for hydroxylation is 1. The van der Waals surface area contributed by atoms with Crippen LogP contribution in [0.5, 0.6) is 0 Å². The Hall–Kier alpha value is -2.95. The van der Waals surface area contributed by atoms with E-state index in [9.17, 15) is 9.90 Å². The highest BCUT2D eigenvalue weighted by Gasteiger charge is 2.15. The Morgan fingerprint density at radius 3 is 2.29 bits per heavy atom. The fraction of sp³-hybridized carbons (Fsp3) is 0.130. The molecule has 1 heterocycles. The zero-order valence-corrected chi connectivity index (χ0v) is 16.1. The van der Waals surface area contributed by atoms with Gasteiger partial charge in [0.1, 0.15) is 0 Å². The lowest BCUT2D eigenvalue weighted by Crippen LogP contribution is -2.26. The summed E-state index contributed by atoms with van der Waals surface area (Å²) in [6, 6.07) is 22.4. The summed E-state index contributed by atoms with van der Waals surface area (Å²) in [5, 5.41) is 17.2. The van der Waals surface area contributed by atoms with Crippen LogP contribution in [0.15, 0.2) is 77.6 Å². The van der Waals surface area contributed by atoms with Gasteiger partial charge in [0.15, 0.2) is 0 Å². The largest absolute Gasteiger partial charge is 0.386 e. The van der Waals surface area contributed by atoms with Crippen molar-refractivity contribution in [1.82, 2.24) is 9.78 Å². The number of nitrogens with zero attached hydrogens (tertiary/aromatic N) is 2. The summed E-state index contributed by atoms with van der Waals surface area (Å²) in [6.07, 6.45) is -0.866. The van der Waals surface area contributed by atoms with Gasteiger partial charge in [0, 0.05) is 16.0 Å². The highest BCUT2D eigenvalue weighted by Crippen LogP contribution is 2.25. The Labute approximate surface area is 167 Å². The molecule has 0 fully saturated rings. The number of rotatable bonds is 4. The lowest BCUT2D eigenvalue weighted by Gasteiger charge is -2.15. The summed E-state index contributed by atoms with van der Waals surface area (Å²) in [7, 11) is 0. The Morgan fingerprint density at radius 2 is 1.61 bits per heavy atom. The molecular weight excluding hydrogens is 372 g/mol. The van der Waals surface area contributed by atoms with Crippen molar-refractivity contribution in [3.05, 3.63) is 99.3 Å². The highest BCUT2D eigenvalue weighted by atomic mass is 35.5. The standard InChI is InChI=1S/C23H19ClN2O2/c1-15-6-8-17(9-7-15)22-19-4-2-3-5-20(19)23(28)26(25-22)14-21(27)16-10-12-18(24)13-11-16/h2-13,21,27H,14H2,1H3/t21-/m0/s1. The molecule has 0 saturated heterocycles. The van der Waals surface area contributed by atoms with Crippen molar-refractivity contribution in [3.63, 3.8) is 0 Å². The molecule has 0 spiro atoms. The Morgan fingerprint density at radius 1 is 0.964 bits per heavy atom. The first-order valence-electron chi connectivity index (χ1n) is 9.03. The van der Waals surface area contributed by atoms with Crippen molar-refractivity contribution >= 4 is 22.4 Å². The number of halogens is 1.